The molecular formula is C10H12ClN5O. The van der Waals surface area contributed by atoms with E-state index in [-0.39, 0.29) is 6.10 Å². The van der Waals surface area contributed by atoms with Gasteiger partial charge in [0.25, 0.3) is 0 Å². The van der Waals surface area contributed by atoms with Crippen LogP contribution in [0, 0.1) is 6.92 Å². The van der Waals surface area contributed by atoms with Crippen LogP contribution in [0.5, 0.6) is 0 Å². The zero-order chi connectivity index (χ0) is 11.8. The number of ether oxygens (including phenoxy) is 1. The zero-order valence-corrected chi connectivity index (χ0v) is 10.2. The molecule has 1 saturated heterocycles. The molecule has 0 saturated carbocycles. The van der Waals surface area contributed by atoms with Crippen molar-refractivity contribution in [3.63, 3.8) is 0 Å². The minimum absolute atomic E-state index is 0.203. The fraction of sp³-hybridized carbons (Fsp3) is 0.600. The summed E-state index contributed by atoms with van der Waals surface area (Å²) in [5, 5.41) is 8.42. The first-order chi connectivity index (χ1) is 8.24. The van der Waals surface area contributed by atoms with Crippen molar-refractivity contribution in [1.29, 1.82) is 0 Å². The number of hydrogen-bond acceptors (Lipinski definition) is 5. The van der Waals surface area contributed by atoms with E-state index in [0.29, 0.717) is 28.7 Å². The number of hydrogen-bond donors (Lipinski definition) is 0. The van der Waals surface area contributed by atoms with Crippen LogP contribution in [0.25, 0.3) is 11.2 Å². The van der Waals surface area contributed by atoms with E-state index >= 15 is 0 Å². The minimum atomic E-state index is 0.203. The van der Waals surface area contributed by atoms with Gasteiger partial charge in [0, 0.05) is 6.61 Å². The third-order valence-corrected chi connectivity index (χ3v) is 3.10. The van der Waals surface area contributed by atoms with Gasteiger partial charge in [0.1, 0.15) is 5.82 Å². The Labute approximate surface area is 103 Å². The van der Waals surface area contributed by atoms with E-state index in [9.17, 15) is 0 Å². The fourth-order valence-electron chi connectivity index (χ4n) is 2.03. The molecule has 7 heteroatoms. The highest BCUT2D eigenvalue weighted by atomic mass is 35.5. The normalized spacial score (nSPS) is 20.2. The molecule has 1 aliphatic rings. The summed E-state index contributed by atoms with van der Waals surface area (Å²) in [7, 11) is 0. The Morgan fingerprint density at radius 1 is 1.47 bits per heavy atom. The molecule has 1 atom stereocenters. The lowest BCUT2D eigenvalue weighted by atomic mass is 10.2. The predicted octanol–water partition coefficient (Wildman–Crippen LogP) is 1.36. The van der Waals surface area contributed by atoms with E-state index in [0.717, 1.165) is 19.4 Å². The van der Waals surface area contributed by atoms with Crippen molar-refractivity contribution in [3.8, 4) is 0 Å². The molecule has 1 fully saturated rings. The molecule has 1 aliphatic heterocycles. The van der Waals surface area contributed by atoms with Crippen LogP contribution < -0.4 is 0 Å². The smallest absolute Gasteiger partial charge is 0.183 e. The summed E-state index contributed by atoms with van der Waals surface area (Å²) in [6.07, 6.45) is 2.36. The van der Waals surface area contributed by atoms with Gasteiger partial charge >= 0.3 is 0 Å². The number of aromatic nitrogens is 5. The van der Waals surface area contributed by atoms with Crippen LogP contribution in [0.4, 0.5) is 0 Å². The van der Waals surface area contributed by atoms with Crippen molar-refractivity contribution in [2.24, 2.45) is 0 Å². The highest BCUT2D eigenvalue weighted by Gasteiger charge is 2.19. The van der Waals surface area contributed by atoms with Crippen molar-refractivity contribution < 1.29 is 4.74 Å². The average Bonchev–Trinajstić information content (AvgIpc) is 2.89. The standard InChI is InChI=1S/C10H12ClN5O/c1-6-12-9(11)8-10(13-6)16(15-14-8)5-7-3-2-4-17-7/h7H,2-5H2,1H3. The summed E-state index contributed by atoms with van der Waals surface area (Å²) < 4.78 is 7.31. The first kappa shape index (κ1) is 10.9. The quantitative estimate of drug-likeness (QED) is 0.756. The molecule has 6 nitrogen and oxygen atoms in total. The zero-order valence-electron chi connectivity index (χ0n) is 9.43. The van der Waals surface area contributed by atoms with Crippen molar-refractivity contribution >= 4 is 22.8 Å². The van der Waals surface area contributed by atoms with Gasteiger partial charge in [-0.25, -0.2) is 14.6 Å². The Balaban J connectivity index is 1.99. The summed E-state index contributed by atoms with van der Waals surface area (Å²) in [5.74, 6) is 0.624. The highest BCUT2D eigenvalue weighted by Crippen LogP contribution is 2.19. The van der Waals surface area contributed by atoms with E-state index in [1.54, 1.807) is 11.6 Å². The molecule has 1 unspecified atom stereocenters. The lowest BCUT2D eigenvalue weighted by Crippen LogP contribution is -2.16. The van der Waals surface area contributed by atoms with Crippen LogP contribution in [-0.2, 0) is 11.3 Å². The van der Waals surface area contributed by atoms with E-state index in [4.69, 9.17) is 16.3 Å². The first-order valence-corrected chi connectivity index (χ1v) is 5.97. The Kier molecular flexibility index (Phi) is 2.68. The third kappa shape index (κ3) is 1.98. The third-order valence-electron chi connectivity index (χ3n) is 2.83. The second-order valence-corrected chi connectivity index (χ2v) is 4.50. The second kappa shape index (κ2) is 4.19. The molecule has 0 aliphatic carbocycles. The van der Waals surface area contributed by atoms with E-state index in [1.165, 1.54) is 0 Å². The Morgan fingerprint density at radius 2 is 2.35 bits per heavy atom. The molecule has 0 radical (unpaired) electrons. The Hall–Kier alpha value is -1.27. The van der Waals surface area contributed by atoms with Crippen molar-refractivity contribution in [3.05, 3.63) is 11.0 Å². The maximum atomic E-state index is 5.99. The summed E-state index contributed by atoms with van der Waals surface area (Å²) in [6, 6.07) is 0. The van der Waals surface area contributed by atoms with Gasteiger partial charge in [-0.05, 0) is 19.8 Å². The molecule has 0 aromatic carbocycles. The highest BCUT2D eigenvalue weighted by molar-refractivity contribution is 6.33. The largest absolute Gasteiger partial charge is 0.376 e. The fourth-order valence-corrected chi connectivity index (χ4v) is 2.27. The van der Waals surface area contributed by atoms with Gasteiger partial charge in [0.2, 0.25) is 0 Å². The summed E-state index contributed by atoms with van der Waals surface area (Å²) in [5.41, 5.74) is 1.23. The molecule has 3 heterocycles. The summed E-state index contributed by atoms with van der Waals surface area (Å²) in [4.78, 5) is 8.38. The SMILES string of the molecule is Cc1nc(Cl)c2nnn(CC3CCCO3)c2n1. The molecule has 0 amide bonds. The molecule has 0 spiro atoms. The van der Waals surface area contributed by atoms with Gasteiger partial charge in [-0.1, -0.05) is 16.8 Å². The molecule has 2 aromatic rings. The molecule has 3 rings (SSSR count). The first-order valence-electron chi connectivity index (χ1n) is 5.59. The maximum Gasteiger partial charge on any atom is 0.183 e. The minimum Gasteiger partial charge on any atom is -0.376 e. The molecule has 2 aromatic heterocycles. The van der Waals surface area contributed by atoms with Gasteiger partial charge in [0.05, 0.1) is 12.6 Å². The van der Waals surface area contributed by atoms with E-state index < -0.39 is 0 Å². The number of rotatable bonds is 2. The Morgan fingerprint density at radius 3 is 3.12 bits per heavy atom. The lowest BCUT2D eigenvalue weighted by molar-refractivity contribution is 0.0944. The monoisotopic (exact) mass is 253 g/mol. The van der Waals surface area contributed by atoms with E-state index in [1.807, 2.05) is 0 Å². The van der Waals surface area contributed by atoms with Crippen LogP contribution in [0.2, 0.25) is 5.15 Å². The average molecular weight is 254 g/mol. The predicted molar refractivity (Wildman–Crippen MR) is 61.8 cm³/mol. The van der Waals surface area contributed by atoms with Gasteiger partial charge in [-0.2, -0.15) is 0 Å². The topological polar surface area (TPSA) is 65.7 Å². The summed E-state index contributed by atoms with van der Waals surface area (Å²) in [6.45, 7) is 3.30. The molecular weight excluding hydrogens is 242 g/mol. The number of aryl methyl sites for hydroxylation is 1. The number of halogens is 1. The van der Waals surface area contributed by atoms with Crippen LogP contribution >= 0.6 is 11.6 Å². The van der Waals surface area contributed by atoms with Crippen LogP contribution in [-0.4, -0.2) is 37.7 Å². The number of fused-ring (bicyclic) bond motifs is 1. The lowest BCUT2D eigenvalue weighted by Gasteiger charge is -2.08. The van der Waals surface area contributed by atoms with Crippen LogP contribution in [0.3, 0.4) is 0 Å². The van der Waals surface area contributed by atoms with Gasteiger partial charge < -0.3 is 4.74 Å². The van der Waals surface area contributed by atoms with Crippen LogP contribution in [0.15, 0.2) is 0 Å². The van der Waals surface area contributed by atoms with Crippen molar-refractivity contribution in [2.75, 3.05) is 6.61 Å². The number of nitrogens with zero attached hydrogens (tertiary/aromatic N) is 5. The van der Waals surface area contributed by atoms with Crippen LogP contribution in [0.1, 0.15) is 18.7 Å². The van der Waals surface area contributed by atoms with Gasteiger partial charge in [-0.15, -0.1) is 5.10 Å². The molecule has 90 valence electrons. The molecule has 0 N–H and O–H groups in total. The maximum absolute atomic E-state index is 5.99. The molecule has 17 heavy (non-hydrogen) atoms. The summed E-state index contributed by atoms with van der Waals surface area (Å²) >= 11 is 5.99. The van der Waals surface area contributed by atoms with Crippen molar-refractivity contribution in [1.82, 2.24) is 25.0 Å². The van der Waals surface area contributed by atoms with E-state index in [2.05, 4.69) is 20.3 Å². The van der Waals surface area contributed by atoms with Crippen molar-refractivity contribution in [2.45, 2.75) is 32.4 Å². The van der Waals surface area contributed by atoms with Gasteiger partial charge in [-0.3, -0.25) is 0 Å². The molecule has 0 bridgehead atoms. The van der Waals surface area contributed by atoms with Gasteiger partial charge in [0.15, 0.2) is 16.3 Å². The second-order valence-electron chi connectivity index (χ2n) is 4.14. The Bertz CT molecular complexity index is 549.